The van der Waals surface area contributed by atoms with Crippen molar-refractivity contribution in [3.8, 4) is 17.0 Å². The fourth-order valence-corrected chi connectivity index (χ4v) is 1.62. The number of aromatic nitrogens is 2. The molecule has 0 aliphatic rings. The lowest BCUT2D eigenvalue weighted by atomic mass is 10.1. The number of alkyl halides is 3. The maximum Gasteiger partial charge on any atom is 0.573 e. The summed E-state index contributed by atoms with van der Waals surface area (Å²) in [6.07, 6.45) is -1.69. The van der Waals surface area contributed by atoms with Crippen LogP contribution >= 0.6 is 0 Å². The molecule has 1 heterocycles. The Bertz CT molecular complexity index is 587. The van der Waals surface area contributed by atoms with E-state index >= 15 is 0 Å². The number of ether oxygens (including phenoxy) is 1. The van der Waals surface area contributed by atoms with Crippen molar-refractivity contribution < 1.29 is 17.9 Å². The molecule has 106 valence electrons. The van der Waals surface area contributed by atoms with E-state index in [4.69, 9.17) is 0 Å². The van der Waals surface area contributed by atoms with Crippen molar-refractivity contribution in [3.63, 3.8) is 0 Å². The van der Waals surface area contributed by atoms with Crippen LogP contribution < -0.4 is 10.1 Å². The third-order valence-electron chi connectivity index (χ3n) is 2.36. The van der Waals surface area contributed by atoms with E-state index in [1.807, 2.05) is 6.92 Å². The lowest BCUT2D eigenvalue weighted by molar-refractivity contribution is -0.274. The van der Waals surface area contributed by atoms with Crippen LogP contribution in [0.5, 0.6) is 5.75 Å². The summed E-state index contributed by atoms with van der Waals surface area (Å²) in [6.45, 7) is 2.58. The SMILES string of the molecule is CCNc1cncc(-c2cccc(OC(F)(F)F)c2)n1. The second kappa shape index (κ2) is 5.77. The Kier molecular flexibility index (Phi) is 4.07. The zero-order valence-electron chi connectivity index (χ0n) is 10.6. The number of nitrogens with zero attached hydrogens (tertiary/aromatic N) is 2. The molecule has 2 aromatic rings. The van der Waals surface area contributed by atoms with Crippen LogP contribution in [-0.4, -0.2) is 22.9 Å². The highest BCUT2D eigenvalue weighted by atomic mass is 19.4. The number of rotatable bonds is 4. The molecule has 0 atom stereocenters. The Balaban J connectivity index is 2.28. The molecule has 0 spiro atoms. The molecule has 1 aromatic heterocycles. The number of hydrogen-bond donors (Lipinski definition) is 1. The van der Waals surface area contributed by atoms with Crippen LogP contribution in [-0.2, 0) is 0 Å². The predicted octanol–water partition coefficient (Wildman–Crippen LogP) is 3.47. The highest BCUT2D eigenvalue weighted by Crippen LogP contribution is 2.27. The summed E-state index contributed by atoms with van der Waals surface area (Å²) in [6, 6.07) is 5.62. The van der Waals surface area contributed by atoms with Gasteiger partial charge >= 0.3 is 6.36 Å². The normalized spacial score (nSPS) is 11.2. The quantitative estimate of drug-likeness (QED) is 0.933. The van der Waals surface area contributed by atoms with Crippen LogP contribution in [0.2, 0.25) is 0 Å². The molecule has 1 aromatic carbocycles. The number of halogens is 3. The minimum absolute atomic E-state index is 0.286. The Morgan fingerprint density at radius 3 is 2.75 bits per heavy atom. The second-order valence-electron chi connectivity index (χ2n) is 3.90. The van der Waals surface area contributed by atoms with Crippen molar-refractivity contribution in [2.24, 2.45) is 0 Å². The van der Waals surface area contributed by atoms with Gasteiger partial charge in [-0.3, -0.25) is 4.98 Å². The molecular formula is C13H12F3N3O. The van der Waals surface area contributed by atoms with Crippen LogP contribution in [0.25, 0.3) is 11.3 Å². The fraction of sp³-hybridized carbons (Fsp3) is 0.231. The van der Waals surface area contributed by atoms with Gasteiger partial charge in [-0.15, -0.1) is 13.2 Å². The first kappa shape index (κ1) is 14.1. The minimum atomic E-state index is -4.71. The van der Waals surface area contributed by atoms with Crippen molar-refractivity contribution in [3.05, 3.63) is 36.7 Å². The van der Waals surface area contributed by atoms with E-state index < -0.39 is 6.36 Å². The summed E-state index contributed by atoms with van der Waals surface area (Å²) in [5.74, 6) is 0.276. The maximum atomic E-state index is 12.2. The summed E-state index contributed by atoms with van der Waals surface area (Å²) in [5, 5.41) is 2.99. The predicted molar refractivity (Wildman–Crippen MR) is 68.3 cm³/mol. The largest absolute Gasteiger partial charge is 0.573 e. The third-order valence-corrected chi connectivity index (χ3v) is 2.36. The Hall–Kier alpha value is -2.31. The number of hydrogen-bond acceptors (Lipinski definition) is 4. The van der Waals surface area contributed by atoms with Crippen molar-refractivity contribution in [2.75, 3.05) is 11.9 Å². The van der Waals surface area contributed by atoms with Crippen LogP contribution in [0.4, 0.5) is 19.0 Å². The molecule has 0 saturated heterocycles. The Labute approximate surface area is 113 Å². The topological polar surface area (TPSA) is 47.0 Å². The van der Waals surface area contributed by atoms with E-state index in [9.17, 15) is 13.2 Å². The van der Waals surface area contributed by atoms with Gasteiger partial charge in [-0.1, -0.05) is 12.1 Å². The van der Waals surface area contributed by atoms with E-state index in [0.29, 0.717) is 23.6 Å². The van der Waals surface area contributed by atoms with E-state index in [0.717, 1.165) is 0 Å². The van der Waals surface area contributed by atoms with Crippen molar-refractivity contribution in [2.45, 2.75) is 13.3 Å². The minimum Gasteiger partial charge on any atom is -0.406 e. The molecule has 0 fully saturated rings. The first-order valence-electron chi connectivity index (χ1n) is 5.90. The van der Waals surface area contributed by atoms with Crippen molar-refractivity contribution in [1.29, 1.82) is 0 Å². The van der Waals surface area contributed by atoms with Gasteiger partial charge in [-0.2, -0.15) is 0 Å². The van der Waals surface area contributed by atoms with E-state index in [1.165, 1.54) is 24.4 Å². The zero-order valence-corrected chi connectivity index (χ0v) is 10.6. The molecule has 0 amide bonds. The molecular weight excluding hydrogens is 271 g/mol. The molecule has 7 heteroatoms. The van der Waals surface area contributed by atoms with Gasteiger partial charge in [-0.05, 0) is 19.1 Å². The van der Waals surface area contributed by atoms with Gasteiger partial charge in [0, 0.05) is 12.1 Å². The van der Waals surface area contributed by atoms with Gasteiger partial charge in [0.2, 0.25) is 0 Å². The Morgan fingerprint density at radius 1 is 1.25 bits per heavy atom. The first-order valence-corrected chi connectivity index (χ1v) is 5.90. The van der Waals surface area contributed by atoms with E-state index in [2.05, 4.69) is 20.0 Å². The molecule has 0 radical (unpaired) electrons. The van der Waals surface area contributed by atoms with E-state index in [-0.39, 0.29) is 5.75 Å². The summed E-state index contributed by atoms with van der Waals surface area (Å²) in [4.78, 5) is 8.26. The third kappa shape index (κ3) is 3.84. The van der Waals surface area contributed by atoms with Gasteiger partial charge in [0.25, 0.3) is 0 Å². The maximum absolute atomic E-state index is 12.2. The van der Waals surface area contributed by atoms with Crippen LogP contribution in [0.15, 0.2) is 36.7 Å². The number of nitrogens with one attached hydrogen (secondary N) is 1. The number of anilines is 1. The average molecular weight is 283 g/mol. The highest BCUT2D eigenvalue weighted by Gasteiger charge is 2.31. The average Bonchev–Trinajstić information content (AvgIpc) is 2.38. The van der Waals surface area contributed by atoms with Crippen molar-refractivity contribution in [1.82, 2.24) is 9.97 Å². The molecule has 0 saturated carbocycles. The highest BCUT2D eigenvalue weighted by molar-refractivity contribution is 5.61. The number of benzene rings is 1. The van der Waals surface area contributed by atoms with Gasteiger partial charge < -0.3 is 10.1 Å². The first-order chi connectivity index (χ1) is 9.48. The lowest BCUT2D eigenvalue weighted by Gasteiger charge is -2.10. The molecule has 1 N–H and O–H groups in total. The fourth-order valence-electron chi connectivity index (χ4n) is 1.62. The Morgan fingerprint density at radius 2 is 2.05 bits per heavy atom. The summed E-state index contributed by atoms with van der Waals surface area (Å²) in [5.41, 5.74) is 0.968. The zero-order chi connectivity index (χ0) is 14.6. The summed E-state index contributed by atoms with van der Waals surface area (Å²) >= 11 is 0. The lowest BCUT2D eigenvalue weighted by Crippen LogP contribution is -2.17. The van der Waals surface area contributed by atoms with Crippen LogP contribution in [0.3, 0.4) is 0 Å². The molecule has 0 aliphatic carbocycles. The molecule has 0 aliphatic heterocycles. The molecule has 0 unspecified atom stereocenters. The van der Waals surface area contributed by atoms with E-state index in [1.54, 1.807) is 12.3 Å². The van der Waals surface area contributed by atoms with Crippen LogP contribution in [0.1, 0.15) is 6.92 Å². The van der Waals surface area contributed by atoms with Gasteiger partial charge in [0.15, 0.2) is 0 Å². The second-order valence-corrected chi connectivity index (χ2v) is 3.90. The standard InChI is InChI=1S/C13H12F3N3O/c1-2-18-12-8-17-7-11(19-12)9-4-3-5-10(6-9)20-13(14,15)16/h3-8H,2H2,1H3,(H,18,19). The summed E-state index contributed by atoms with van der Waals surface area (Å²) < 4.78 is 40.4. The van der Waals surface area contributed by atoms with Gasteiger partial charge in [0.1, 0.15) is 11.6 Å². The van der Waals surface area contributed by atoms with Gasteiger partial charge in [-0.25, -0.2) is 4.98 Å². The van der Waals surface area contributed by atoms with Gasteiger partial charge in [0.05, 0.1) is 18.1 Å². The molecule has 0 bridgehead atoms. The van der Waals surface area contributed by atoms with Crippen molar-refractivity contribution >= 4 is 5.82 Å². The molecule has 20 heavy (non-hydrogen) atoms. The molecule has 4 nitrogen and oxygen atoms in total. The smallest absolute Gasteiger partial charge is 0.406 e. The summed E-state index contributed by atoms with van der Waals surface area (Å²) in [7, 11) is 0. The monoisotopic (exact) mass is 283 g/mol. The molecule has 2 rings (SSSR count). The van der Waals surface area contributed by atoms with Crippen LogP contribution in [0, 0.1) is 0 Å².